The van der Waals surface area contributed by atoms with Gasteiger partial charge in [0.2, 0.25) is 0 Å². The Morgan fingerprint density at radius 1 is 1.06 bits per heavy atom. The summed E-state index contributed by atoms with van der Waals surface area (Å²) in [6.07, 6.45) is 1.81. The second-order valence-electron chi connectivity index (χ2n) is 8.08. The molecule has 1 aliphatic rings. The van der Waals surface area contributed by atoms with Crippen LogP contribution in [0.1, 0.15) is 29.7 Å². The van der Waals surface area contributed by atoms with E-state index < -0.39 is 0 Å². The molecular formula is C27H29ClN2O3S. The van der Waals surface area contributed by atoms with Gasteiger partial charge in [-0.2, -0.15) is 0 Å². The number of halogens is 1. The summed E-state index contributed by atoms with van der Waals surface area (Å²) >= 11 is 12.2. The molecule has 0 saturated heterocycles. The zero-order valence-electron chi connectivity index (χ0n) is 19.6. The fourth-order valence-electron chi connectivity index (χ4n) is 4.20. The Balaban J connectivity index is 1.64. The first-order chi connectivity index (χ1) is 16.5. The number of rotatable bonds is 7. The molecule has 1 atom stereocenters. The van der Waals surface area contributed by atoms with Gasteiger partial charge >= 0.3 is 0 Å². The van der Waals surface area contributed by atoms with E-state index >= 15 is 0 Å². The minimum absolute atomic E-state index is 0.114. The van der Waals surface area contributed by atoms with E-state index in [9.17, 15) is 0 Å². The van der Waals surface area contributed by atoms with Crippen LogP contribution >= 0.6 is 23.8 Å². The minimum atomic E-state index is -0.114. The number of fused-ring (bicyclic) bond motifs is 1. The van der Waals surface area contributed by atoms with E-state index in [0.717, 1.165) is 42.1 Å². The van der Waals surface area contributed by atoms with Gasteiger partial charge < -0.3 is 24.4 Å². The average molecular weight is 497 g/mol. The van der Waals surface area contributed by atoms with Gasteiger partial charge in [-0.05, 0) is 78.1 Å². The molecule has 1 heterocycles. The molecule has 0 aliphatic carbocycles. The molecule has 34 heavy (non-hydrogen) atoms. The number of hydrogen-bond donors (Lipinski definition) is 1. The predicted octanol–water partition coefficient (Wildman–Crippen LogP) is 6.29. The summed E-state index contributed by atoms with van der Waals surface area (Å²) in [6, 6.07) is 19.8. The molecule has 7 heteroatoms. The smallest absolute Gasteiger partial charge is 0.174 e. The molecule has 0 aromatic heterocycles. The van der Waals surface area contributed by atoms with Gasteiger partial charge in [-0.25, -0.2) is 0 Å². The van der Waals surface area contributed by atoms with Crippen molar-refractivity contribution in [2.75, 3.05) is 32.7 Å². The van der Waals surface area contributed by atoms with Crippen molar-refractivity contribution in [3.05, 3.63) is 82.4 Å². The highest BCUT2D eigenvalue weighted by atomic mass is 35.5. The van der Waals surface area contributed by atoms with Crippen molar-refractivity contribution in [3.63, 3.8) is 0 Å². The number of methoxy groups -OCH3 is 2. The van der Waals surface area contributed by atoms with Gasteiger partial charge in [-0.1, -0.05) is 42.8 Å². The summed E-state index contributed by atoms with van der Waals surface area (Å²) in [5.41, 5.74) is 4.36. The maximum atomic E-state index is 6.37. The lowest BCUT2D eigenvalue weighted by atomic mass is 9.92. The molecule has 178 valence electrons. The molecule has 0 spiro atoms. The Morgan fingerprint density at radius 3 is 2.44 bits per heavy atom. The standard InChI is InChI=1S/C27H29ClN2O3S/c1-4-18-9-11-20(12-10-18)33-17-24-21-16-26(32-3)25(31-2)15-19(21)13-14-30(24)27(34)29-23-8-6-5-7-22(23)28/h5-12,15-16,24H,4,13-14,17H2,1-3H3,(H,29,34). The molecule has 0 saturated carbocycles. The second-order valence-corrected chi connectivity index (χ2v) is 8.88. The van der Waals surface area contributed by atoms with Crippen molar-refractivity contribution < 1.29 is 14.2 Å². The molecular weight excluding hydrogens is 468 g/mol. The predicted molar refractivity (Wildman–Crippen MR) is 142 cm³/mol. The summed E-state index contributed by atoms with van der Waals surface area (Å²) in [7, 11) is 3.30. The molecule has 0 bridgehead atoms. The van der Waals surface area contributed by atoms with Crippen LogP contribution in [-0.4, -0.2) is 37.4 Å². The zero-order valence-corrected chi connectivity index (χ0v) is 21.2. The second kappa shape index (κ2) is 11.0. The number of para-hydroxylation sites is 1. The van der Waals surface area contributed by atoms with Gasteiger partial charge in [0.25, 0.3) is 0 Å². The number of benzene rings is 3. The molecule has 3 aromatic carbocycles. The SMILES string of the molecule is CCc1ccc(OCC2c3cc(OC)c(OC)cc3CCN2C(=S)Nc2ccccc2Cl)cc1. The number of aryl methyl sites for hydroxylation is 1. The van der Waals surface area contributed by atoms with E-state index in [1.165, 1.54) is 11.1 Å². The maximum Gasteiger partial charge on any atom is 0.174 e. The van der Waals surface area contributed by atoms with E-state index in [1.54, 1.807) is 14.2 Å². The lowest BCUT2D eigenvalue weighted by Gasteiger charge is -2.39. The molecule has 0 amide bonds. The van der Waals surface area contributed by atoms with Crippen molar-refractivity contribution in [1.29, 1.82) is 0 Å². The normalized spacial score (nSPS) is 14.8. The monoisotopic (exact) mass is 496 g/mol. The topological polar surface area (TPSA) is 43.0 Å². The largest absolute Gasteiger partial charge is 0.493 e. The first-order valence-electron chi connectivity index (χ1n) is 11.3. The van der Waals surface area contributed by atoms with Gasteiger partial charge in [0, 0.05) is 6.54 Å². The Bertz CT molecular complexity index is 1150. The highest BCUT2D eigenvalue weighted by Crippen LogP contribution is 2.39. The Labute approximate surface area is 211 Å². The lowest BCUT2D eigenvalue weighted by Crippen LogP contribution is -2.44. The minimum Gasteiger partial charge on any atom is -0.493 e. The van der Waals surface area contributed by atoms with Crippen LogP contribution in [0.3, 0.4) is 0 Å². The van der Waals surface area contributed by atoms with Crippen molar-refractivity contribution in [2.24, 2.45) is 0 Å². The van der Waals surface area contributed by atoms with Gasteiger partial charge in [0.05, 0.1) is 31.0 Å². The number of anilines is 1. The molecule has 5 nitrogen and oxygen atoms in total. The summed E-state index contributed by atoms with van der Waals surface area (Å²) in [4.78, 5) is 2.16. The third-order valence-electron chi connectivity index (χ3n) is 6.12. The summed E-state index contributed by atoms with van der Waals surface area (Å²) in [5.74, 6) is 2.24. The Kier molecular flexibility index (Phi) is 7.80. The quantitative estimate of drug-likeness (QED) is 0.387. The van der Waals surface area contributed by atoms with E-state index in [2.05, 4.69) is 35.3 Å². The van der Waals surface area contributed by atoms with E-state index in [4.69, 9.17) is 38.0 Å². The van der Waals surface area contributed by atoms with Crippen LogP contribution in [0.2, 0.25) is 5.02 Å². The van der Waals surface area contributed by atoms with Crippen LogP contribution in [-0.2, 0) is 12.8 Å². The van der Waals surface area contributed by atoms with Crippen LogP contribution in [0.25, 0.3) is 0 Å². The Hall–Kier alpha value is -2.96. The van der Waals surface area contributed by atoms with E-state index in [-0.39, 0.29) is 6.04 Å². The van der Waals surface area contributed by atoms with Crippen LogP contribution in [0, 0.1) is 0 Å². The molecule has 3 aromatic rings. The molecule has 1 unspecified atom stereocenters. The molecule has 0 fully saturated rings. The molecule has 1 aliphatic heterocycles. The van der Waals surface area contributed by atoms with Crippen molar-refractivity contribution >= 4 is 34.6 Å². The molecule has 0 radical (unpaired) electrons. The third-order valence-corrected chi connectivity index (χ3v) is 6.78. The summed E-state index contributed by atoms with van der Waals surface area (Å²) < 4.78 is 17.4. The van der Waals surface area contributed by atoms with Gasteiger partial charge in [-0.15, -0.1) is 0 Å². The van der Waals surface area contributed by atoms with E-state index in [1.807, 2.05) is 42.5 Å². The van der Waals surface area contributed by atoms with Crippen LogP contribution < -0.4 is 19.5 Å². The first-order valence-corrected chi connectivity index (χ1v) is 12.1. The number of thiocarbonyl (C=S) groups is 1. The van der Waals surface area contributed by atoms with Crippen molar-refractivity contribution in [2.45, 2.75) is 25.8 Å². The van der Waals surface area contributed by atoms with Crippen molar-refractivity contribution in [1.82, 2.24) is 4.90 Å². The van der Waals surface area contributed by atoms with Gasteiger partial charge in [-0.3, -0.25) is 0 Å². The lowest BCUT2D eigenvalue weighted by molar-refractivity contribution is 0.190. The zero-order chi connectivity index (χ0) is 24.1. The first kappa shape index (κ1) is 24.2. The fraction of sp³-hybridized carbons (Fsp3) is 0.296. The van der Waals surface area contributed by atoms with E-state index in [0.29, 0.717) is 22.5 Å². The molecule has 1 N–H and O–H groups in total. The van der Waals surface area contributed by atoms with Crippen LogP contribution in [0.4, 0.5) is 5.69 Å². The van der Waals surface area contributed by atoms with Gasteiger partial charge in [0.15, 0.2) is 16.6 Å². The maximum absolute atomic E-state index is 6.37. The summed E-state index contributed by atoms with van der Waals surface area (Å²) in [5, 5.41) is 4.54. The molecule has 4 rings (SSSR count). The number of hydrogen-bond acceptors (Lipinski definition) is 4. The highest BCUT2D eigenvalue weighted by Gasteiger charge is 2.31. The Morgan fingerprint density at radius 2 is 1.76 bits per heavy atom. The number of ether oxygens (including phenoxy) is 3. The average Bonchev–Trinajstić information content (AvgIpc) is 2.87. The van der Waals surface area contributed by atoms with Crippen LogP contribution in [0.5, 0.6) is 17.2 Å². The number of nitrogens with zero attached hydrogens (tertiary/aromatic N) is 1. The van der Waals surface area contributed by atoms with Crippen molar-refractivity contribution in [3.8, 4) is 17.2 Å². The van der Waals surface area contributed by atoms with Gasteiger partial charge in [0.1, 0.15) is 12.4 Å². The number of nitrogens with one attached hydrogen (secondary N) is 1. The third kappa shape index (κ3) is 5.24. The highest BCUT2D eigenvalue weighted by molar-refractivity contribution is 7.80. The van der Waals surface area contributed by atoms with Crippen LogP contribution in [0.15, 0.2) is 60.7 Å². The summed E-state index contributed by atoms with van der Waals surface area (Å²) in [6.45, 7) is 3.31. The fourth-order valence-corrected chi connectivity index (χ4v) is 4.71.